The predicted octanol–water partition coefficient (Wildman–Crippen LogP) is 2.73. The lowest BCUT2D eigenvalue weighted by Gasteiger charge is -1.99. The molecule has 90 valence electrons. The topological polar surface area (TPSA) is 67.3 Å². The molecule has 4 nitrogen and oxygen atoms in total. The van der Waals surface area contributed by atoms with Crippen LogP contribution in [0, 0.1) is 0 Å². The molecule has 1 N–H and O–H groups in total. The standard InChI is InChI=1S/C12H12ClNO3/c1-8(12(16)17)3-2-4-11(15)10-7-9(13)5-6-14-10/h3,5-7H,2,4H2,1H3,(H,16,17)/b8-3+. The van der Waals surface area contributed by atoms with Crippen molar-refractivity contribution in [1.29, 1.82) is 0 Å². The summed E-state index contributed by atoms with van der Waals surface area (Å²) in [5, 5.41) is 9.08. The molecule has 0 aromatic carbocycles. The number of carbonyl (C=O) groups excluding carboxylic acids is 1. The summed E-state index contributed by atoms with van der Waals surface area (Å²) in [6, 6.07) is 3.09. The number of carboxylic acid groups (broad SMARTS) is 1. The number of pyridine rings is 1. The first-order chi connectivity index (χ1) is 8.00. The fraction of sp³-hybridized carbons (Fsp3) is 0.250. The molecule has 0 fully saturated rings. The Kier molecular flexibility index (Phi) is 4.84. The van der Waals surface area contributed by atoms with E-state index in [1.54, 1.807) is 6.07 Å². The number of nitrogens with zero attached hydrogens (tertiary/aromatic N) is 1. The molecule has 5 heteroatoms. The quantitative estimate of drug-likeness (QED) is 0.647. The summed E-state index contributed by atoms with van der Waals surface area (Å²) in [6.07, 6.45) is 3.59. The molecule has 0 aliphatic carbocycles. The summed E-state index contributed by atoms with van der Waals surface area (Å²) in [4.78, 5) is 26.1. The van der Waals surface area contributed by atoms with Crippen LogP contribution in [0.5, 0.6) is 0 Å². The maximum absolute atomic E-state index is 11.7. The van der Waals surface area contributed by atoms with Gasteiger partial charge in [0.25, 0.3) is 0 Å². The van der Waals surface area contributed by atoms with E-state index in [1.165, 1.54) is 25.3 Å². The van der Waals surface area contributed by atoms with Gasteiger partial charge in [-0.05, 0) is 25.5 Å². The van der Waals surface area contributed by atoms with E-state index >= 15 is 0 Å². The zero-order valence-corrected chi connectivity index (χ0v) is 10.1. The third-order valence-corrected chi connectivity index (χ3v) is 2.40. The molecular weight excluding hydrogens is 242 g/mol. The SMILES string of the molecule is C/C(=C\CCC(=O)c1cc(Cl)ccn1)C(=O)O. The first-order valence-electron chi connectivity index (χ1n) is 5.05. The number of hydrogen-bond acceptors (Lipinski definition) is 3. The minimum atomic E-state index is -0.974. The highest BCUT2D eigenvalue weighted by atomic mass is 35.5. The van der Waals surface area contributed by atoms with Crippen LogP contribution in [0.1, 0.15) is 30.3 Å². The van der Waals surface area contributed by atoms with Crippen LogP contribution in [-0.2, 0) is 4.79 Å². The van der Waals surface area contributed by atoms with Crippen LogP contribution in [0.25, 0.3) is 0 Å². The van der Waals surface area contributed by atoms with Crippen LogP contribution in [-0.4, -0.2) is 21.8 Å². The van der Waals surface area contributed by atoms with Crippen molar-refractivity contribution in [1.82, 2.24) is 4.98 Å². The van der Waals surface area contributed by atoms with Crippen molar-refractivity contribution in [3.8, 4) is 0 Å². The first kappa shape index (κ1) is 13.4. The molecule has 1 aromatic heterocycles. The number of aliphatic carboxylic acids is 1. The molecular formula is C12H12ClNO3. The number of hydrogen-bond donors (Lipinski definition) is 1. The highest BCUT2D eigenvalue weighted by Gasteiger charge is 2.07. The summed E-state index contributed by atoms with van der Waals surface area (Å²) in [5.74, 6) is -1.12. The van der Waals surface area contributed by atoms with E-state index < -0.39 is 5.97 Å². The van der Waals surface area contributed by atoms with Gasteiger partial charge in [-0.2, -0.15) is 0 Å². The zero-order chi connectivity index (χ0) is 12.8. The van der Waals surface area contributed by atoms with Crippen LogP contribution in [0.4, 0.5) is 0 Å². The number of allylic oxidation sites excluding steroid dienone is 1. The summed E-state index contributed by atoms with van der Waals surface area (Å²) in [6.45, 7) is 1.49. The van der Waals surface area contributed by atoms with Crippen molar-refractivity contribution in [2.75, 3.05) is 0 Å². The number of carboxylic acids is 1. The summed E-state index contributed by atoms with van der Waals surface area (Å²) in [5.41, 5.74) is 0.538. The van der Waals surface area contributed by atoms with Gasteiger partial charge >= 0.3 is 5.97 Å². The molecule has 0 saturated carbocycles. The van der Waals surface area contributed by atoms with Gasteiger partial charge in [-0.1, -0.05) is 17.7 Å². The molecule has 0 amide bonds. The Morgan fingerprint density at radius 3 is 2.82 bits per heavy atom. The van der Waals surface area contributed by atoms with Crippen LogP contribution in [0.3, 0.4) is 0 Å². The molecule has 0 unspecified atom stereocenters. The third kappa shape index (κ3) is 4.36. The molecule has 0 saturated heterocycles. The van der Waals surface area contributed by atoms with Crippen molar-refractivity contribution >= 4 is 23.4 Å². The van der Waals surface area contributed by atoms with E-state index in [0.29, 0.717) is 17.1 Å². The monoisotopic (exact) mass is 253 g/mol. The highest BCUT2D eigenvalue weighted by molar-refractivity contribution is 6.30. The van der Waals surface area contributed by atoms with Crippen LogP contribution in [0.2, 0.25) is 5.02 Å². The Labute approximate surface area is 104 Å². The largest absolute Gasteiger partial charge is 0.478 e. The Hall–Kier alpha value is -1.68. The van der Waals surface area contributed by atoms with Gasteiger partial charge in [0.05, 0.1) is 0 Å². The molecule has 1 aromatic rings. The lowest BCUT2D eigenvalue weighted by atomic mass is 10.1. The smallest absolute Gasteiger partial charge is 0.330 e. The van der Waals surface area contributed by atoms with Crippen molar-refractivity contribution in [2.45, 2.75) is 19.8 Å². The number of aromatic nitrogens is 1. The minimum absolute atomic E-state index is 0.151. The van der Waals surface area contributed by atoms with Crippen molar-refractivity contribution in [2.24, 2.45) is 0 Å². The van der Waals surface area contributed by atoms with Crippen molar-refractivity contribution < 1.29 is 14.7 Å². The molecule has 17 heavy (non-hydrogen) atoms. The summed E-state index contributed by atoms with van der Waals surface area (Å²) in [7, 11) is 0. The van der Waals surface area contributed by atoms with Gasteiger partial charge in [0.15, 0.2) is 5.78 Å². The van der Waals surface area contributed by atoms with E-state index in [1.807, 2.05) is 0 Å². The Morgan fingerprint density at radius 1 is 1.53 bits per heavy atom. The van der Waals surface area contributed by atoms with Gasteiger partial charge in [-0.25, -0.2) is 4.79 Å². The van der Waals surface area contributed by atoms with Crippen LogP contribution >= 0.6 is 11.6 Å². The number of Topliss-reactive ketones (excluding diaryl/α,β-unsaturated/α-hetero) is 1. The maximum atomic E-state index is 11.7. The second-order valence-electron chi connectivity index (χ2n) is 3.51. The zero-order valence-electron chi connectivity index (χ0n) is 9.31. The van der Waals surface area contributed by atoms with E-state index in [4.69, 9.17) is 16.7 Å². The van der Waals surface area contributed by atoms with E-state index in [-0.39, 0.29) is 17.8 Å². The second kappa shape index (κ2) is 6.15. The van der Waals surface area contributed by atoms with Gasteiger partial charge in [-0.15, -0.1) is 0 Å². The Morgan fingerprint density at radius 2 is 2.24 bits per heavy atom. The molecule has 0 spiro atoms. The summed E-state index contributed by atoms with van der Waals surface area (Å²) < 4.78 is 0. The predicted molar refractivity (Wildman–Crippen MR) is 64.2 cm³/mol. The molecule has 0 aliphatic heterocycles. The van der Waals surface area contributed by atoms with E-state index in [0.717, 1.165) is 0 Å². The molecule has 0 bridgehead atoms. The van der Waals surface area contributed by atoms with Crippen LogP contribution in [0.15, 0.2) is 30.0 Å². The molecule has 0 radical (unpaired) electrons. The molecule has 0 atom stereocenters. The highest BCUT2D eigenvalue weighted by Crippen LogP contribution is 2.11. The number of halogens is 1. The third-order valence-electron chi connectivity index (χ3n) is 2.17. The number of ketones is 1. The van der Waals surface area contributed by atoms with E-state index in [2.05, 4.69) is 4.98 Å². The number of rotatable bonds is 5. The Bertz CT molecular complexity index is 469. The lowest BCUT2D eigenvalue weighted by Crippen LogP contribution is -2.02. The van der Waals surface area contributed by atoms with Crippen molar-refractivity contribution in [3.05, 3.63) is 40.7 Å². The second-order valence-corrected chi connectivity index (χ2v) is 3.95. The van der Waals surface area contributed by atoms with Gasteiger partial charge in [0.1, 0.15) is 5.69 Å². The van der Waals surface area contributed by atoms with Crippen LogP contribution < -0.4 is 0 Å². The average molecular weight is 254 g/mol. The average Bonchev–Trinajstić information content (AvgIpc) is 2.28. The fourth-order valence-corrected chi connectivity index (χ4v) is 1.35. The lowest BCUT2D eigenvalue weighted by molar-refractivity contribution is -0.132. The fourth-order valence-electron chi connectivity index (χ4n) is 1.19. The normalized spacial score (nSPS) is 11.3. The maximum Gasteiger partial charge on any atom is 0.330 e. The van der Waals surface area contributed by atoms with Gasteiger partial charge in [0.2, 0.25) is 0 Å². The minimum Gasteiger partial charge on any atom is -0.478 e. The first-order valence-corrected chi connectivity index (χ1v) is 5.43. The molecule has 1 heterocycles. The number of carbonyl (C=O) groups is 2. The van der Waals surface area contributed by atoms with Gasteiger partial charge < -0.3 is 5.11 Å². The van der Waals surface area contributed by atoms with Gasteiger partial charge in [0, 0.05) is 23.2 Å². The summed E-state index contributed by atoms with van der Waals surface area (Å²) >= 11 is 5.73. The Balaban J connectivity index is 2.57. The van der Waals surface area contributed by atoms with E-state index in [9.17, 15) is 9.59 Å². The molecule has 1 rings (SSSR count). The van der Waals surface area contributed by atoms with Crippen molar-refractivity contribution in [3.63, 3.8) is 0 Å². The molecule has 0 aliphatic rings. The van der Waals surface area contributed by atoms with Gasteiger partial charge in [-0.3, -0.25) is 9.78 Å².